The monoisotopic (exact) mass is 218 g/mol. The van der Waals surface area contributed by atoms with Gasteiger partial charge in [-0.3, -0.25) is 0 Å². The van der Waals surface area contributed by atoms with E-state index in [9.17, 15) is 0 Å². The smallest absolute Gasteiger partial charge is 0.226 e. The van der Waals surface area contributed by atoms with Crippen LogP contribution in [0.2, 0.25) is 0 Å². The third-order valence-corrected chi connectivity index (χ3v) is 2.29. The van der Waals surface area contributed by atoms with Gasteiger partial charge in [0.05, 0.1) is 6.20 Å². The number of hydrogen-bond donors (Lipinski definition) is 2. The van der Waals surface area contributed by atoms with Crippen LogP contribution in [0.5, 0.6) is 5.75 Å². The van der Waals surface area contributed by atoms with Gasteiger partial charge in [-0.25, -0.2) is 4.98 Å². The normalized spacial score (nSPS) is 10.6. The zero-order valence-electron chi connectivity index (χ0n) is 9.10. The Balaban J connectivity index is 2.15. The summed E-state index contributed by atoms with van der Waals surface area (Å²) >= 11 is 0. The molecule has 2 aromatic rings. The van der Waals surface area contributed by atoms with Gasteiger partial charge in [0.2, 0.25) is 5.89 Å². The van der Waals surface area contributed by atoms with Crippen molar-refractivity contribution in [2.24, 2.45) is 0 Å². The highest BCUT2D eigenvalue weighted by molar-refractivity contribution is 5.54. The summed E-state index contributed by atoms with van der Waals surface area (Å²) in [6.45, 7) is 0.865. The van der Waals surface area contributed by atoms with Gasteiger partial charge in [-0.15, -0.1) is 0 Å². The lowest BCUT2D eigenvalue weighted by atomic mass is 10.2. The van der Waals surface area contributed by atoms with Crippen molar-refractivity contribution in [3.05, 3.63) is 36.2 Å². The number of hydrogen-bond acceptors (Lipinski definition) is 4. The number of aromatic hydroxyl groups is 1. The lowest BCUT2D eigenvalue weighted by Gasteiger charge is -1.96. The average Bonchev–Trinajstić information content (AvgIpc) is 2.76. The zero-order chi connectivity index (χ0) is 11.4. The van der Waals surface area contributed by atoms with E-state index in [-0.39, 0.29) is 5.75 Å². The summed E-state index contributed by atoms with van der Waals surface area (Å²) in [6, 6.07) is 6.80. The number of benzene rings is 1. The molecule has 0 saturated heterocycles. The first kappa shape index (κ1) is 10.7. The molecule has 0 aliphatic heterocycles. The average molecular weight is 218 g/mol. The molecule has 0 radical (unpaired) electrons. The van der Waals surface area contributed by atoms with E-state index in [1.807, 2.05) is 7.05 Å². The molecule has 0 amide bonds. The number of nitrogens with zero attached hydrogens (tertiary/aromatic N) is 1. The van der Waals surface area contributed by atoms with Crippen molar-refractivity contribution in [2.75, 3.05) is 13.6 Å². The fourth-order valence-corrected chi connectivity index (χ4v) is 1.41. The van der Waals surface area contributed by atoms with Crippen molar-refractivity contribution in [1.82, 2.24) is 10.3 Å². The predicted octanol–water partition coefficient (Wildman–Crippen LogP) is 1.81. The summed E-state index contributed by atoms with van der Waals surface area (Å²) in [5.41, 5.74) is 0.869. The van der Waals surface area contributed by atoms with Gasteiger partial charge in [-0.05, 0) is 31.3 Å². The summed E-state index contributed by atoms with van der Waals surface area (Å²) in [6.07, 6.45) is 2.56. The molecular formula is C12H14N2O2. The molecule has 0 aliphatic carbocycles. The molecule has 0 bridgehead atoms. The molecular weight excluding hydrogens is 204 g/mol. The number of aromatic nitrogens is 1. The topological polar surface area (TPSA) is 58.3 Å². The van der Waals surface area contributed by atoms with Crippen LogP contribution in [-0.4, -0.2) is 23.7 Å². The van der Waals surface area contributed by atoms with Crippen molar-refractivity contribution in [3.63, 3.8) is 0 Å². The number of phenolic OH excluding ortho intramolecular Hbond substituents is 1. The Morgan fingerprint density at radius 3 is 2.75 bits per heavy atom. The van der Waals surface area contributed by atoms with Crippen LogP contribution in [0.4, 0.5) is 0 Å². The Morgan fingerprint density at radius 2 is 2.06 bits per heavy atom. The molecule has 0 atom stereocenters. The van der Waals surface area contributed by atoms with Crippen molar-refractivity contribution in [3.8, 4) is 17.2 Å². The molecule has 0 spiro atoms. The van der Waals surface area contributed by atoms with E-state index in [4.69, 9.17) is 9.52 Å². The molecule has 0 saturated carbocycles. The van der Waals surface area contributed by atoms with Gasteiger partial charge in [0, 0.05) is 18.5 Å². The third-order valence-electron chi connectivity index (χ3n) is 2.29. The maximum atomic E-state index is 9.17. The van der Waals surface area contributed by atoms with Crippen LogP contribution < -0.4 is 5.32 Å². The second kappa shape index (κ2) is 4.81. The molecule has 16 heavy (non-hydrogen) atoms. The van der Waals surface area contributed by atoms with Gasteiger partial charge >= 0.3 is 0 Å². The highest BCUT2D eigenvalue weighted by Crippen LogP contribution is 2.21. The molecule has 0 aliphatic rings. The van der Waals surface area contributed by atoms with Crippen molar-refractivity contribution < 1.29 is 9.52 Å². The maximum Gasteiger partial charge on any atom is 0.226 e. The van der Waals surface area contributed by atoms with Crippen LogP contribution in [0.25, 0.3) is 11.5 Å². The first-order chi connectivity index (χ1) is 7.79. The minimum absolute atomic E-state index is 0.241. The van der Waals surface area contributed by atoms with Crippen LogP contribution in [0.3, 0.4) is 0 Å². The highest BCUT2D eigenvalue weighted by atomic mass is 16.4. The maximum absolute atomic E-state index is 9.17. The van der Waals surface area contributed by atoms with Gasteiger partial charge in [0.25, 0.3) is 0 Å². The fraction of sp³-hybridized carbons (Fsp3) is 0.250. The lowest BCUT2D eigenvalue weighted by molar-refractivity contribution is 0.475. The largest absolute Gasteiger partial charge is 0.508 e. The summed E-state index contributed by atoms with van der Waals surface area (Å²) < 4.78 is 5.58. The van der Waals surface area contributed by atoms with Crippen molar-refractivity contribution >= 4 is 0 Å². The summed E-state index contributed by atoms with van der Waals surface area (Å²) in [5, 5.41) is 12.2. The minimum atomic E-state index is 0.241. The first-order valence-corrected chi connectivity index (χ1v) is 5.18. The van der Waals surface area contributed by atoms with E-state index < -0.39 is 0 Å². The molecule has 1 aromatic carbocycles. The summed E-state index contributed by atoms with van der Waals surface area (Å²) in [7, 11) is 1.90. The Labute approximate surface area is 93.9 Å². The van der Waals surface area contributed by atoms with E-state index in [1.54, 1.807) is 30.5 Å². The predicted molar refractivity (Wildman–Crippen MR) is 61.2 cm³/mol. The van der Waals surface area contributed by atoms with Crippen molar-refractivity contribution in [2.45, 2.75) is 6.42 Å². The molecule has 1 heterocycles. The Morgan fingerprint density at radius 1 is 1.31 bits per heavy atom. The Bertz CT molecular complexity index is 448. The standard InChI is InChI=1S/C12H14N2O2/c1-13-7-6-11-8-14-12(16-11)9-2-4-10(15)5-3-9/h2-5,8,13,15H,6-7H2,1H3. The van der Waals surface area contributed by atoms with E-state index in [1.165, 1.54) is 0 Å². The molecule has 0 unspecified atom stereocenters. The van der Waals surface area contributed by atoms with Gasteiger partial charge < -0.3 is 14.8 Å². The molecule has 0 fully saturated rings. The van der Waals surface area contributed by atoms with E-state index in [0.29, 0.717) is 5.89 Å². The van der Waals surface area contributed by atoms with Crippen LogP contribution in [-0.2, 0) is 6.42 Å². The summed E-state index contributed by atoms with van der Waals surface area (Å²) in [5.74, 6) is 1.69. The number of likely N-dealkylation sites (N-methyl/N-ethyl adjacent to an activating group) is 1. The van der Waals surface area contributed by atoms with E-state index in [0.717, 1.165) is 24.3 Å². The first-order valence-electron chi connectivity index (χ1n) is 5.18. The zero-order valence-corrected chi connectivity index (χ0v) is 9.10. The molecule has 4 nitrogen and oxygen atoms in total. The van der Waals surface area contributed by atoms with Crippen LogP contribution in [0.15, 0.2) is 34.9 Å². The van der Waals surface area contributed by atoms with E-state index >= 15 is 0 Å². The highest BCUT2D eigenvalue weighted by Gasteiger charge is 2.05. The number of nitrogens with one attached hydrogen (secondary N) is 1. The van der Waals surface area contributed by atoms with Crippen LogP contribution in [0.1, 0.15) is 5.76 Å². The number of phenols is 1. The molecule has 2 N–H and O–H groups in total. The van der Waals surface area contributed by atoms with Crippen molar-refractivity contribution in [1.29, 1.82) is 0 Å². The van der Waals surface area contributed by atoms with Gasteiger partial charge in [0.15, 0.2) is 0 Å². The second-order valence-corrected chi connectivity index (χ2v) is 3.53. The van der Waals surface area contributed by atoms with Crippen LogP contribution in [0, 0.1) is 0 Å². The lowest BCUT2D eigenvalue weighted by Crippen LogP contribution is -2.09. The Kier molecular flexibility index (Phi) is 3.22. The quantitative estimate of drug-likeness (QED) is 0.821. The van der Waals surface area contributed by atoms with Crippen LogP contribution >= 0.6 is 0 Å². The molecule has 84 valence electrons. The van der Waals surface area contributed by atoms with Gasteiger partial charge in [-0.2, -0.15) is 0 Å². The third kappa shape index (κ3) is 2.41. The number of oxazole rings is 1. The second-order valence-electron chi connectivity index (χ2n) is 3.53. The molecule has 2 rings (SSSR count). The minimum Gasteiger partial charge on any atom is -0.508 e. The van der Waals surface area contributed by atoms with Gasteiger partial charge in [-0.1, -0.05) is 0 Å². The van der Waals surface area contributed by atoms with Gasteiger partial charge in [0.1, 0.15) is 11.5 Å². The molecule has 4 heteroatoms. The SMILES string of the molecule is CNCCc1cnc(-c2ccc(O)cc2)o1. The summed E-state index contributed by atoms with van der Waals surface area (Å²) in [4.78, 5) is 4.19. The number of rotatable bonds is 4. The molecule has 1 aromatic heterocycles. The van der Waals surface area contributed by atoms with E-state index in [2.05, 4.69) is 10.3 Å². The Hall–Kier alpha value is -1.81. The fourth-order valence-electron chi connectivity index (χ4n) is 1.41.